The number of aryl methyl sites for hydroxylation is 2. The summed E-state index contributed by atoms with van der Waals surface area (Å²) in [5.41, 5.74) is 1.69. The van der Waals surface area contributed by atoms with Gasteiger partial charge in [0.1, 0.15) is 5.69 Å². The van der Waals surface area contributed by atoms with Crippen molar-refractivity contribution in [3.63, 3.8) is 0 Å². The first kappa shape index (κ1) is 14.1. The van der Waals surface area contributed by atoms with E-state index in [1.807, 2.05) is 25.1 Å². The van der Waals surface area contributed by atoms with Crippen LogP contribution in [0, 0.1) is 0 Å². The van der Waals surface area contributed by atoms with Crippen LogP contribution in [0.3, 0.4) is 0 Å². The number of hydrogen-bond donors (Lipinski definition) is 1. The van der Waals surface area contributed by atoms with E-state index in [1.54, 1.807) is 4.68 Å². The van der Waals surface area contributed by atoms with Crippen LogP contribution in [0.1, 0.15) is 42.4 Å². The molecule has 1 saturated heterocycles. The lowest BCUT2D eigenvalue weighted by atomic mass is 10.0. The number of carbonyl (C=O) groups is 1. The summed E-state index contributed by atoms with van der Waals surface area (Å²) in [5, 5.41) is 7.56. The first-order valence-corrected chi connectivity index (χ1v) is 7.15. The number of nitrogens with zero attached hydrogens (tertiary/aromatic N) is 3. The van der Waals surface area contributed by atoms with E-state index in [1.165, 1.54) is 6.42 Å². The van der Waals surface area contributed by atoms with Gasteiger partial charge in [0.2, 0.25) is 0 Å². The van der Waals surface area contributed by atoms with Gasteiger partial charge in [0.05, 0.1) is 5.69 Å². The zero-order valence-electron chi connectivity index (χ0n) is 12.1. The quantitative estimate of drug-likeness (QED) is 0.889. The first-order chi connectivity index (χ1) is 9.17. The number of likely N-dealkylation sites (tertiary alicyclic amines) is 1. The molecule has 2 heterocycles. The summed E-state index contributed by atoms with van der Waals surface area (Å²) < 4.78 is 1.71. The molecule has 1 N–H and O–H groups in total. The maximum absolute atomic E-state index is 12.7. The van der Waals surface area contributed by atoms with Crippen molar-refractivity contribution in [2.75, 3.05) is 20.1 Å². The number of hydrogen-bond acceptors (Lipinski definition) is 3. The maximum atomic E-state index is 12.7. The third-order valence-corrected chi connectivity index (χ3v) is 3.84. The van der Waals surface area contributed by atoms with Crippen LogP contribution in [0.4, 0.5) is 0 Å². The summed E-state index contributed by atoms with van der Waals surface area (Å²) in [7, 11) is 3.79. The van der Waals surface area contributed by atoms with Gasteiger partial charge in [-0.3, -0.25) is 9.48 Å². The largest absolute Gasteiger partial charge is 0.333 e. The molecule has 0 bridgehead atoms. The lowest BCUT2D eigenvalue weighted by Crippen LogP contribution is -2.48. The summed E-state index contributed by atoms with van der Waals surface area (Å²) in [5.74, 6) is 0.120. The monoisotopic (exact) mass is 264 g/mol. The average Bonchev–Trinajstić information content (AvgIpc) is 2.80. The summed E-state index contributed by atoms with van der Waals surface area (Å²) in [6.07, 6.45) is 4.26. The van der Waals surface area contributed by atoms with Crippen molar-refractivity contribution in [1.82, 2.24) is 20.0 Å². The second-order valence-corrected chi connectivity index (χ2v) is 5.20. The summed E-state index contributed by atoms with van der Waals surface area (Å²) in [6, 6.07) is 2.24. The summed E-state index contributed by atoms with van der Waals surface area (Å²) in [4.78, 5) is 14.7. The fourth-order valence-corrected chi connectivity index (χ4v) is 2.76. The molecule has 1 aliphatic rings. The zero-order valence-corrected chi connectivity index (χ0v) is 12.1. The van der Waals surface area contributed by atoms with Crippen molar-refractivity contribution in [2.45, 2.75) is 38.6 Å². The first-order valence-electron chi connectivity index (χ1n) is 7.15. The molecule has 2 rings (SSSR count). The van der Waals surface area contributed by atoms with Crippen molar-refractivity contribution in [3.05, 3.63) is 17.5 Å². The van der Waals surface area contributed by atoms with E-state index in [0.29, 0.717) is 11.7 Å². The standard InChI is InChI=1S/C14H24N4O/c1-4-11-9-13(17(3)16-11)14(19)18-8-6-5-7-12(18)10-15-2/h9,12,15H,4-8,10H2,1-3H3. The Hall–Kier alpha value is -1.36. The van der Waals surface area contributed by atoms with E-state index < -0.39 is 0 Å². The Labute approximate surface area is 115 Å². The van der Waals surface area contributed by atoms with Gasteiger partial charge in [-0.1, -0.05) is 6.92 Å². The molecule has 1 unspecified atom stereocenters. The van der Waals surface area contributed by atoms with Crippen LogP contribution in [-0.4, -0.2) is 46.8 Å². The van der Waals surface area contributed by atoms with Crippen molar-refractivity contribution in [3.8, 4) is 0 Å². The average molecular weight is 264 g/mol. The molecule has 1 aromatic heterocycles. The van der Waals surface area contributed by atoms with Gasteiger partial charge in [0.15, 0.2) is 0 Å². The Morgan fingerprint density at radius 3 is 2.95 bits per heavy atom. The highest BCUT2D eigenvalue weighted by Crippen LogP contribution is 2.19. The predicted octanol–water partition coefficient (Wildman–Crippen LogP) is 1.20. The van der Waals surface area contributed by atoms with E-state index in [0.717, 1.165) is 38.0 Å². The van der Waals surface area contributed by atoms with Crippen molar-refractivity contribution in [1.29, 1.82) is 0 Å². The van der Waals surface area contributed by atoms with Crippen LogP contribution >= 0.6 is 0 Å². The van der Waals surface area contributed by atoms with Gasteiger partial charge in [0, 0.05) is 26.2 Å². The van der Waals surface area contributed by atoms with Gasteiger partial charge in [-0.2, -0.15) is 5.10 Å². The Balaban J connectivity index is 2.18. The molecule has 0 aliphatic carbocycles. The lowest BCUT2D eigenvalue weighted by molar-refractivity contribution is 0.0603. The van der Waals surface area contributed by atoms with Gasteiger partial charge in [-0.15, -0.1) is 0 Å². The van der Waals surface area contributed by atoms with Gasteiger partial charge in [-0.05, 0) is 38.8 Å². The lowest BCUT2D eigenvalue weighted by Gasteiger charge is -2.35. The molecular weight excluding hydrogens is 240 g/mol. The van der Waals surface area contributed by atoms with Crippen molar-refractivity contribution < 1.29 is 4.79 Å². The number of nitrogens with one attached hydrogen (secondary N) is 1. The molecule has 0 aromatic carbocycles. The highest BCUT2D eigenvalue weighted by Gasteiger charge is 2.28. The molecule has 0 saturated carbocycles. The minimum Gasteiger partial charge on any atom is -0.333 e. The summed E-state index contributed by atoms with van der Waals surface area (Å²) in [6.45, 7) is 3.78. The Morgan fingerprint density at radius 1 is 1.53 bits per heavy atom. The fraction of sp³-hybridized carbons (Fsp3) is 0.714. The third kappa shape index (κ3) is 2.97. The molecule has 19 heavy (non-hydrogen) atoms. The predicted molar refractivity (Wildman–Crippen MR) is 75.2 cm³/mol. The van der Waals surface area contributed by atoms with Crippen molar-refractivity contribution >= 4 is 5.91 Å². The topological polar surface area (TPSA) is 50.2 Å². The van der Waals surface area contributed by atoms with E-state index in [9.17, 15) is 4.79 Å². The molecule has 1 atom stereocenters. The molecule has 0 spiro atoms. The minimum absolute atomic E-state index is 0.120. The van der Waals surface area contributed by atoms with Crippen LogP contribution in [0.25, 0.3) is 0 Å². The third-order valence-electron chi connectivity index (χ3n) is 3.84. The number of rotatable bonds is 4. The minimum atomic E-state index is 0.120. The Morgan fingerprint density at radius 2 is 2.32 bits per heavy atom. The highest BCUT2D eigenvalue weighted by molar-refractivity contribution is 5.93. The molecule has 0 radical (unpaired) electrons. The number of amides is 1. The van der Waals surface area contributed by atoms with Crippen LogP contribution in [0.5, 0.6) is 0 Å². The maximum Gasteiger partial charge on any atom is 0.272 e. The van der Waals surface area contributed by atoms with E-state index in [2.05, 4.69) is 17.3 Å². The second-order valence-electron chi connectivity index (χ2n) is 5.20. The van der Waals surface area contributed by atoms with Gasteiger partial charge >= 0.3 is 0 Å². The molecule has 1 aromatic rings. The zero-order chi connectivity index (χ0) is 13.8. The second kappa shape index (κ2) is 6.19. The van der Waals surface area contributed by atoms with Gasteiger partial charge < -0.3 is 10.2 Å². The molecular formula is C14H24N4O. The van der Waals surface area contributed by atoms with Crippen LogP contribution in [0.2, 0.25) is 0 Å². The molecule has 1 aliphatic heterocycles. The Bertz CT molecular complexity index is 439. The number of piperidine rings is 1. The molecule has 5 nitrogen and oxygen atoms in total. The van der Waals surface area contributed by atoms with Crippen LogP contribution in [-0.2, 0) is 13.5 Å². The molecule has 106 valence electrons. The van der Waals surface area contributed by atoms with Crippen LogP contribution < -0.4 is 5.32 Å². The Kier molecular flexibility index (Phi) is 4.58. The van der Waals surface area contributed by atoms with Crippen LogP contribution in [0.15, 0.2) is 6.07 Å². The van der Waals surface area contributed by atoms with E-state index in [4.69, 9.17) is 0 Å². The van der Waals surface area contributed by atoms with Gasteiger partial charge in [0.25, 0.3) is 5.91 Å². The van der Waals surface area contributed by atoms with Crippen molar-refractivity contribution in [2.24, 2.45) is 7.05 Å². The van der Waals surface area contributed by atoms with E-state index in [-0.39, 0.29) is 5.91 Å². The summed E-state index contributed by atoms with van der Waals surface area (Å²) >= 11 is 0. The molecule has 1 amide bonds. The number of likely N-dealkylation sites (N-methyl/N-ethyl adjacent to an activating group) is 1. The number of aromatic nitrogens is 2. The SMILES string of the molecule is CCc1cc(C(=O)N2CCCCC2CNC)n(C)n1. The van der Waals surface area contributed by atoms with Gasteiger partial charge in [-0.25, -0.2) is 0 Å². The number of carbonyl (C=O) groups excluding carboxylic acids is 1. The fourth-order valence-electron chi connectivity index (χ4n) is 2.76. The smallest absolute Gasteiger partial charge is 0.272 e. The molecule has 5 heteroatoms. The van der Waals surface area contributed by atoms with E-state index >= 15 is 0 Å². The normalized spacial score (nSPS) is 19.7. The molecule has 1 fully saturated rings. The highest BCUT2D eigenvalue weighted by atomic mass is 16.2.